The van der Waals surface area contributed by atoms with E-state index in [0.29, 0.717) is 0 Å². The van der Waals surface area contributed by atoms with Gasteiger partial charge in [0.05, 0.1) is 17.0 Å². The van der Waals surface area contributed by atoms with Crippen molar-refractivity contribution in [3.63, 3.8) is 0 Å². The van der Waals surface area contributed by atoms with E-state index < -0.39 is 11.7 Å². The minimum absolute atomic E-state index is 0. The quantitative estimate of drug-likeness (QED) is 0.372. The molecule has 0 N–H and O–H groups in total. The molecule has 25 heavy (non-hydrogen) atoms. The van der Waals surface area contributed by atoms with E-state index in [1.165, 1.54) is 24.3 Å². The van der Waals surface area contributed by atoms with Crippen molar-refractivity contribution >= 4 is 27.8 Å². The number of rotatable bonds is 1. The van der Waals surface area contributed by atoms with Gasteiger partial charge in [-0.3, -0.25) is 9.97 Å². The summed E-state index contributed by atoms with van der Waals surface area (Å²) in [5.74, 6) is -1.94. The number of hydrogen-bond donors (Lipinski definition) is 0. The summed E-state index contributed by atoms with van der Waals surface area (Å²) in [6.07, 6.45) is 3.60. The summed E-state index contributed by atoms with van der Waals surface area (Å²) in [7, 11) is 0. The molecule has 4 rings (SSSR count). The molecule has 6 heteroatoms. The fourth-order valence-corrected chi connectivity index (χ4v) is 2.32. The number of para-hydroxylation sites is 1. The number of carbonyl (C=O) groups is 1. The van der Waals surface area contributed by atoms with E-state index in [0.717, 1.165) is 21.8 Å². The molecular formula is C19H12CuN2O3. The number of carboxylic acids is 1. The van der Waals surface area contributed by atoms with Crippen molar-refractivity contribution in [1.29, 1.82) is 0 Å². The van der Waals surface area contributed by atoms with Gasteiger partial charge < -0.3 is 15.0 Å². The molecule has 4 aromatic rings. The molecule has 0 bridgehead atoms. The fourth-order valence-electron chi connectivity index (χ4n) is 2.32. The number of hydrogen-bond acceptors (Lipinski definition) is 5. The summed E-state index contributed by atoms with van der Waals surface area (Å²) in [5, 5.41) is 23.0. The Hall–Kier alpha value is -2.95. The first-order valence-corrected chi connectivity index (χ1v) is 7.22. The van der Waals surface area contributed by atoms with E-state index in [9.17, 15) is 15.0 Å². The van der Waals surface area contributed by atoms with Crippen molar-refractivity contribution < 1.29 is 32.1 Å². The van der Waals surface area contributed by atoms with E-state index in [1.54, 1.807) is 12.4 Å². The van der Waals surface area contributed by atoms with Gasteiger partial charge in [-0.25, -0.2) is 0 Å². The van der Waals surface area contributed by atoms with Crippen LogP contribution in [0.3, 0.4) is 0 Å². The van der Waals surface area contributed by atoms with Gasteiger partial charge >= 0.3 is 17.1 Å². The van der Waals surface area contributed by atoms with Gasteiger partial charge in [-0.1, -0.05) is 54.3 Å². The molecule has 1 radical (unpaired) electrons. The molecular weight excluding hydrogens is 368 g/mol. The van der Waals surface area contributed by atoms with Crippen molar-refractivity contribution in [1.82, 2.24) is 9.97 Å². The predicted octanol–water partition coefficient (Wildman–Crippen LogP) is 1.90. The maximum Gasteiger partial charge on any atom is 2.00 e. The first-order chi connectivity index (χ1) is 11.7. The predicted molar refractivity (Wildman–Crippen MR) is 87.3 cm³/mol. The Morgan fingerprint density at radius 1 is 0.760 bits per heavy atom. The summed E-state index contributed by atoms with van der Waals surface area (Å²) in [6, 6.07) is 17.5. The number of benzene rings is 2. The van der Waals surface area contributed by atoms with E-state index in [1.807, 2.05) is 12.1 Å². The van der Waals surface area contributed by atoms with Gasteiger partial charge in [-0.15, -0.1) is 0 Å². The zero-order valence-corrected chi connectivity index (χ0v) is 13.8. The number of carbonyl (C=O) groups excluding carboxylic acids is 1. The molecule has 0 spiro atoms. The number of nitrogens with zero attached hydrogens (tertiary/aromatic N) is 2. The van der Waals surface area contributed by atoms with Crippen molar-refractivity contribution in [2.45, 2.75) is 0 Å². The Balaban J connectivity index is 0.000000184. The molecule has 0 unspecified atom stereocenters. The molecule has 0 saturated carbocycles. The molecule has 0 aliphatic carbocycles. The number of fused-ring (bicyclic) bond motifs is 3. The minimum Gasteiger partial charge on any atom is -0.872 e. The van der Waals surface area contributed by atoms with Crippen LogP contribution in [0.5, 0.6) is 5.75 Å². The average molecular weight is 380 g/mol. The molecule has 2 heterocycles. The zero-order chi connectivity index (χ0) is 16.9. The topological polar surface area (TPSA) is 89.0 Å². The maximum atomic E-state index is 10.6. The number of pyridine rings is 2. The molecule has 127 valence electrons. The van der Waals surface area contributed by atoms with Crippen LogP contribution >= 0.6 is 0 Å². The van der Waals surface area contributed by atoms with E-state index in [2.05, 4.69) is 34.2 Å². The normalized spacial score (nSPS) is 9.76. The molecule has 0 atom stereocenters. The zero-order valence-electron chi connectivity index (χ0n) is 12.8. The third-order valence-electron chi connectivity index (χ3n) is 3.45. The van der Waals surface area contributed by atoms with Crippen LogP contribution in [0.4, 0.5) is 0 Å². The molecule has 0 amide bonds. The van der Waals surface area contributed by atoms with E-state index >= 15 is 0 Å². The molecule has 0 fully saturated rings. The molecule has 2 aromatic heterocycles. The van der Waals surface area contributed by atoms with E-state index in [-0.39, 0.29) is 22.6 Å². The average Bonchev–Trinajstić information content (AvgIpc) is 2.62. The summed E-state index contributed by atoms with van der Waals surface area (Å²) < 4.78 is 0. The Bertz CT molecular complexity index is 967. The van der Waals surface area contributed by atoms with Crippen LogP contribution in [0.15, 0.2) is 73.1 Å². The molecule has 5 nitrogen and oxygen atoms in total. The number of carboxylic acid groups (broad SMARTS) is 1. The van der Waals surface area contributed by atoms with Gasteiger partial charge in [0, 0.05) is 23.2 Å². The van der Waals surface area contributed by atoms with Gasteiger partial charge in [0.1, 0.15) is 0 Å². The third-order valence-corrected chi connectivity index (χ3v) is 3.45. The maximum absolute atomic E-state index is 10.6. The van der Waals surface area contributed by atoms with Crippen LogP contribution < -0.4 is 10.2 Å². The van der Waals surface area contributed by atoms with Crippen molar-refractivity contribution in [2.75, 3.05) is 0 Å². The number of aromatic nitrogens is 2. The Labute approximate surface area is 154 Å². The first-order valence-electron chi connectivity index (χ1n) is 7.22. The van der Waals surface area contributed by atoms with E-state index in [4.69, 9.17) is 0 Å². The Morgan fingerprint density at radius 2 is 1.28 bits per heavy atom. The van der Waals surface area contributed by atoms with Gasteiger partial charge in [-0.05, 0) is 17.7 Å². The third kappa shape index (κ3) is 4.12. The van der Waals surface area contributed by atoms with Gasteiger partial charge in [0.15, 0.2) is 0 Å². The van der Waals surface area contributed by atoms with Gasteiger partial charge in [-0.2, -0.15) is 0 Å². The SMILES string of the molecule is O=C([O-])c1ccccc1[O-].[Cu+2].c1cnc2c(c1)ccc1cccnc12. The van der Waals surface area contributed by atoms with Crippen LogP contribution in [0.2, 0.25) is 0 Å². The van der Waals surface area contributed by atoms with Crippen LogP contribution in [-0.4, -0.2) is 15.9 Å². The minimum atomic E-state index is -1.43. The van der Waals surface area contributed by atoms with Crippen molar-refractivity contribution in [3.8, 4) is 5.75 Å². The summed E-state index contributed by atoms with van der Waals surface area (Å²) in [5.41, 5.74) is 1.67. The second-order valence-corrected chi connectivity index (χ2v) is 5.00. The monoisotopic (exact) mass is 379 g/mol. The summed E-state index contributed by atoms with van der Waals surface area (Å²) in [6.45, 7) is 0. The Kier molecular flexibility index (Phi) is 6.06. The van der Waals surface area contributed by atoms with Gasteiger partial charge in [0.2, 0.25) is 0 Å². The fraction of sp³-hybridized carbons (Fsp3) is 0. The standard InChI is InChI=1S/C12H8N2.C7H6O3.Cu/c1-3-9-5-6-10-4-2-8-14-12(10)11(9)13-7-1;8-6-4-2-1-3-5(6)7(9)10;/h1-8H;1-4,8H,(H,9,10);/q;;+2/p-2. The summed E-state index contributed by atoms with van der Waals surface area (Å²) >= 11 is 0. The summed E-state index contributed by atoms with van der Waals surface area (Å²) in [4.78, 5) is 18.8. The van der Waals surface area contributed by atoms with Gasteiger partial charge in [0.25, 0.3) is 0 Å². The van der Waals surface area contributed by atoms with Crippen molar-refractivity contribution in [3.05, 3.63) is 78.6 Å². The second kappa shape index (κ2) is 8.24. The van der Waals surface area contributed by atoms with Crippen LogP contribution in [0, 0.1) is 0 Å². The van der Waals surface area contributed by atoms with Crippen molar-refractivity contribution in [2.24, 2.45) is 0 Å². The largest absolute Gasteiger partial charge is 2.00 e. The molecule has 0 aliphatic rings. The van der Waals surface area contributed by atoms with Crippen LogP contribution in [0.1, 0.15) is 10.4 Å². The number of aromatic carboxylic acids is 1. The Morgan fingerprint density at radius 3 is 1.72 bits per heavy atom. The van der Waals surface area contributed by atoms with Crippen LogP contribution in [-0.2, 0) is 17.1 Å². The molecule has 0 aliphatic heterocycles. The second-order valence-electron chi connectivity index (χ2n) is 5.00. The smallest absolute Gasteiger partial charge is 0.872 e. The molecule has 2 aromatic carbocycles. The van der Waals surface area contributed by atoms with Crippen LogP contribution in [0.25, 0.3) is 21.8 Å². The molecule has 0 saturated heterocycles. The first kappa shape index (κ1) is 18.4.